The van der Waals surface area contributed by atoms with Gasteiger partial charge in [-0.1, -0.05) is 0 Å². The van der Waals surface area contributed by atoms with Gasteiger partial charge in [-0.25, -0.2) is 9.97 Å². The summed E-state index contributed by atoms with van der Waals surface area (Å²) in [5.74, 6) is 0.869. The number of nitrogens with one attached hydrogen (secondary N) is 1. The molecule has 0 amide bonds. The van der Waals surface area contributed by atoms with Crippen molar-refractivity contribution >= 4 is 17.7 Å². The first-order chi connectivity index (χ1) is 9.38. The Labute approximate surface area is 118 Å². The Morgan fingerprint density at radius 2 is 1.89 bits per heavy atom. The second-order valence-electron chi connectivity index (χ2n) is 5.07. The normalized spacial score (nSPS) is 28.8. The van der Waals surface area contributed by atoms with E-state index in [1.807, 2.05) is 30.2 Å². The molecule has 1 aromatic rings. The number of hydrogen-bond acceptors (Lipinski definition) is 6. The van der Waals surface area contributed by atoms with Gasteiger partial charge < -0.3 is 10.2 Å². The zero-order valence-corrected chi connectivity index (χ0v) is 12.1. The number of aromatic nitrogens is 2. The molecule has 0 saturated carbocycles. The van der Waals surface area contributed by atoms with E-state index in [4.69, 9.17) is 0 Å². The fourth-order valence-electron chi connectivity index (χ4n) is 2.95. The molecule has 0 aliphatic carbocycles. The van der Waals surface area contributed by atoms with Crippen LogP contribution < -0.4 is 10.2 Å². The highest BCUT2D eigenvalue weighted by Crippen LogP contribution is 2.22. The van der Waals surface area contributed by atoms with Crippen molar-refractivity contribution in [1.29, 1.82) is 0 Å². The molecular weight excluding hydrogens is 258 g/mol. The number of nitrogens with zero attached hydrogens (tertiary/aromatic N) is 4. The van der Waals surface area contributed by atoms with Crippen molar-refractivity contribution in [3.05, 3.63) is 18.5 Å². The minimum atomic E-state index is 0.689. The summed E-state index contributed by atoms with van der Waals surface area (Å²) >= 11 is 1.99. The maximum absolute atomic E-state index is 4.34. The molecule has 2 atom stereocenters. The van der Waals surface area contributed by atoms with Crippen molar-refractivity contribution in [2.75, 3.05) is 50.4 Å². The largest absolute Gasteiger partial charge is 0.338 e. The molecule has 6 heteroatoms. The summed E-state index contributed by atoms with van der Waals surface area (Å²) in [5, 5.41) is 4.25. The third-order valence-corrected chi connectivity index (χ3v) is 5.14. The van der Waals surface area contributed by atoms with E-state index in [9.17, 15) is 0 Å². The SMILES string of the molecule is CSC1CNCC1N1CCN(c2ncccn2)CC1. The highest BCUT2D eigenvalue weighted by Gasteiger charge is 2.33. The molecule has 3 heterocycles. The van der Waals surface area contributed by atoms with Gasteiger partial charge in [-0.3, -0.25) is 4.90 Å². The van der Waals surface area contributed by atoms with E-state index in [1.165, 1.54) is 0 Å². The van der Waals surface area contributed by atoms with E-state index in [2.05, 4.69) is 31.3 Å². The highest BCUT2D eigenvalue weighted by molar-refractivity contribution is 7.99. The van der Waals surface area contributed by atoms with Crippen LogP contribution in [0.15, 0.2) is 18.5 Å². The van der Waals surface area contributed by atoms with E-state index in [0.717, 1.165) is 50.5 Å². The Morgan fingerprint density at radius 1 is 1.16 bits per heavy atom. The minimum absolute atomic E-state index is 0.689. The van der Waals surface area contributed by atoms with E-state index in [0.29, 0.717) is 6.04 Å². The lowest BCUT2D eigenvalue weighted by Crippen LogP contribution is -2.53. The predicted molar refractivity (Wildman–Crippen MR) is 79.8 cm³/mol. The van der Waals surface area contributed by atoms with Crippen molar-refractivity contribution < 1.29 is 0 Å². The zero-order valence-electron chi connectivity index (χ0n) is 11.3. The molecule has 0 bridgehead atoms. The first-order valence-corrected chi connectivity index (χ1v) is 8.17. The van der Waals surface area contributed by atoms with E-state index in [1.54, 1.807) is 0 Å². The summed E-state index contributed by atoms with van der Waals surface area (Å²) in [5.41, 5.74) is 0. The molecule has 2 saturated heterocycles. The van der Waals surface area contributed by atoms with Gasteiger partial charge in [-0.2, -0.15) is 11.8 Å². The van der Waals surface area contributed by atoms with Crippen molar-refractivity contribution in [3.63, 3.8) is 0 Å². The maximum Gasteiger partial charge on any atom is 0.225 e. The third kappa shape index (κ3) is 2.85. The fraction of sp³-hybridized carbons (Fsp3) is 0.692. The number of hydrogen-bond donors (Lipinski definition) is 1. The van der Waals surface area contributed by atoms with E-state index >= 15 is 0 Å². The highest BCUT2D eigenvalue weighted by atomic mass is 32.2. The lowest BCUT2D eigenvalue weighted by molar-refractivity contribution is 0.199. The first-order valence-electron chi connectivity index (χ1n) is 6.88. The molecule has 0 spiro atoms. The first kappa shape index (κ1) is 13.1. The van der Waals surface area contributed by atoms with Gasteiger partial charge in [0.25, 0.3) is 0 Å². The van der Waals surface area contributed by atoms with Crippen LogP contribution in [0.5, 0.6) is 0 Å². The Bertz CT molecular complexity index is 393. The van der Waals surface area contributed by atoms with Gasteiger partial charge >= 0.3 is 0 Å². The average molecular weight is 279 g/mol. The quantitative estimate of drug-likeness (QED) is 0.859. The molecule has 1 N–H and O–H groups in total. The molecule has 0 aromatic carbocycles. The fourth-order valence-corrected chi connectivity index (χ4v) is 3.82. The van der Waals surface area contributed by atoms with Gasteiger partial charge in [-0.15, -0.1) is 0 Å². The van der Waals surface area contributed by atoms with E-state index in [-0.39, 0.29) is 0 Å². The van der Waals surface area contributed by atoms with Gasteiger partial charge in [-0.05, 0) is 12.3 Å². The van der Waals surface area contributed by atoms with Crippen LogP contribution in [0, 0.1) is 0 Å². The zero-order chi connectivity index (χ0) is 13.1. The van der Waals surface area contributed by atoms with Crippen LogP contribution in [0.25, 0.3) is 0 Å². The summed E-state index contributed by atoms with van der Waals surface area (Å²) in [4.78, 5) is 13.6. The molecule has 2 unspecified atom stereocenters. The molecule has 0 radical (unpaired) electrons. The monoisotopic (exact) mass is 279 g/mol. The standard InChI is InChI=1S/C13H21N5S/c1-19-12-10-14-9-11(12)17-5-7-18(8-6-17)13-15-3-2-4-16-13/h2-4,11-12,14H,5-10H2,1H3. The van der Waals surface area contributed by atoms with Crippen LogP contribution in [0.1, 0.15) is 0 Å². The molecule has 2 aliphatic heterocycles. The Morgan fingerprint density at radius 3 is 2.58 bits per heavy atom. The Hall–Kier alpha value is -0.850. The van der Waals surface area contributed by atoms with Crippen LogP contribution in [0.3, 0.4) is 0 Å². The molecule has 19 heavy (non-hydrogen) atoms. The molecule has 1 aromatic heterocycles. The van der Waals surface area contributed by atoms with Crippen molar-refractivity contribution in [3.8, 4) is 0 Å². The van der Waals surface area contributed by atoms with Gasteiger partial charge in [0.2, 0.25) is 5.95 Å². The van der Waals surface area contributed by atoms with Crippen molar-refractivity contribution in [2.24, 2.45) is 0 Å². The Balaban J connectivity index is 1.58. The molecule has 2 fully saturated rings. The van der Waals surface area contributed by atoms with Crippen molar-refractivity contribution in [2.45, 2.75) is 11.3 Å². The predicted octanol–water partition coefficient (Wildman–Crippen LogP) is 0.302. The minimum Gasteiger partial charge on any atom is -0.338 e. The van der Waals surface area contributed by atoms with Crippen LogP contribution in [0.4, 0.5) is 5.95 Å². The van der Waals surface area contributed by atoms with Crippen LogP contribution in [-0.2, 0) is 0 Å². The van der Waals surface area contributed by atoms with Gasteiger partial charge in [0, 0.05) is 63.0 Å². The second kappa shape index (κ2) is 6.07. The molecule has 2 aliphatic rings. The summed E-state index contributed by atoms with van der Waals surface area (Å²) in [6.07, 6.45) is 5.86. The smallest absolute Gasteiger partial charge is 0.225 e. The molecule has 104 valence electrons. The average Bonchev–Trinajstić information content (AvgIpc) is 2.97. The maximum atomic E-state index is 4.34. The Kier molecular flexibility index (Phi) is 4.20. The van der Waals surface area contributed by atoms with E-state index < -0.39 is 0 Å². The lowest BCUT2D eigenvalue weighted by atomic mass is 10.2. The third-order valence-electron chi connectivity index (χ3n) is 4.05. The van der Waals surface area contributed by atoms with Crippen LogP contribution in [0.2, 0.25) is 0 Å². The van der Waals surface area contributed by atoms with Gasteiger partial charge in [0.05, 0.1) is 0 Å². The molecule has 5 nitrogen and oxygen atoms in total. The number of thioether (sulfide) groups is 1. The number of anilines is 1. The summed E-state index contributed by atoms with van der Waals surface area (Å²) in [6.45, 7) is 6.56. The van der Waals surface area contributed by atoms with Crippen molar-refractivity contribution in [1.82, 2.24) is 20.2 Å². The summed E-state index contributed by atoms with van der Waals surface area (Å²) < 4.78 is 0. The van der Waals surface area contributed by atoms with Crippen LogP contribution >= 0.6 is 11.8 Å². The number of rotatable bonds is 3. The van der Waals surface area contributed by atoms with Gasteiger partial charge in [0.1, 0.15) is 0 Å². The second-order valence-corrected chi connectivity index (χ2v) is 6.15. The molecular formula is C13H21N5S. The van der Waals surface area contributed by atoms with Crippen LogP contribution in [-0.4, -0.2) is 71.7 Å². The van der Waals surface area contributed by atoms with Gasteiger partial charge in [0.15, 0.2) is 0 Å². The summed E-state index contributed by atoms with van der Waals surface area (Å²) in [6, 6.07) is 2.56. The lowest BCUT2D eigenvalue weighted by Gasteiger charge is -2.39. The summed E-state index contributed by atoms with van der Waals surface area (Å²) in [7, 11) is 0. The molecule has 3 rings (SSSR count). The topological polar surface area (TPSA) is 44.3 Å². The number of piperazine rings is 1.